The minimum atomic E-state index is -0.794. The highest BCUT2D eigenvalue weighted by molar-refractivity contribution is 6.15. The van der Waals surface area contributed by atoms with Crippen LogP contribution < -0.4 is 9.64 Å². The molecule has 1 amide bonds. The van der Waals surface area contributed by atoms with Crippen LogP contribution in [-0.4, -0.2) is 29.7 Å². The van der Waals surface area contributed by atoms with Gasteiger partial charge in [-0.3, -0.25) is 9.69 Å². The lowest BCUT2D eigenvalue weighted by Gasteiger charge is -2.28. The number of aliphatic hydroxyl groups excluding tert-OH is 1. The largest absolute Gasteiger partial charge is 0.503 e. The number of methoxy groups -OCH3 is 1. The normalized spacial score (nSPS) is 17.1. The molecule has 0 aromatic heterocycles. The zero-order valence-electron chi connectivity index (χ0n) is 16.3. The van der Waals surface area contributed by atoms with Gasteiger partial charge in [0.15, 0.2) is 5.76 Å². The third-order valence-electron chi connectivity index (χ3n) is 4.29. The third-order valence-corrected chi connectivity index (χ3v) is 4.29. The molecule has 2 aromatic rings. The Bertz CT molecular complexity index is 910. The van der Waals surface area contributed by atoms with Crippen molar-refractivity contribution in [2.24, 2.45) is 0 Å². The number of hydrogen-bond acceptors (Lipinski definition) is 5. The molecule has 28 heavy (non-hydrogen) atoms. The summed E-state index contributed by atoms with van der Waals surface area (Å²) >= 11 is 0. The molecule has 2 aromatic carbocycles. The van der Waals surface area contributed by atoms with Crippen molar-refractivity contribution >= 4 is 17.6 Å². The number of ether oxygens (including phenoxy) is 2. The molecular formula is C22H23NO5. The Hall–Kier alpha value is -3.28. The molecule has 0 fully saturated rings. The van der Waals surface area contributed by atoms with Crippen molar-refractivity contribution in [1.82, 2.24) is 0 Å². The van der Waals surface area contributed by atoms with E-state index in [4.69, 9.17) is 9.47 Å². The second-order valence-electron chi connectivity index (χ2n) is 7.45. The Balaban J connectivity index is 2.10. The molecule has 0 bridgehead atoms. The maximum absolute atomic E-state index is 12.9. The van der Waals surface area contributed by atoms with Gasteiger partial charge in [0.2, 0.25) is 0 Å². The Morgan fingerprint density at radius 3 is 2.18 bits per heavy atom. The predicted molar refractivity (Wildman–Crippen MR) is 105 cm³/mol. The number of aliphatic hydroxyl groups is 1. The highest BCUT2D eigenvalue weighted by Gasteiger charge is 2.45. The number of esters is 1. The maximum atomic E-state index is 12.9. The smallest absolute Gasteiger partial charge is 0.341 e. The number of carbonyl (C=O) groups excluding carboxylic acids is 2. The van der Waals surface area contributed by atoms with Crippen LogP contribution in [-0.2, 0) is 14.3 Å². The average molecular weight is 381 g/mol. The Kier molecular flexibility index (Phi) is 5.14. The standard InChI is InChI=1S/C22H23NO5/c1-22(2,3)28-21(26)17-18(14-8-6-5-7-9-14)23(20(25)19(17)24)15-10-12-16(27-4)13-11-15/h5-13,18,24H,1-4H3/t18-/m0/s1. The van der Waals surface area contributed by atoms with Crippen LogP contribution in [0.4, 0.5) is 5.69 Å². The molecule has 0 unspecified atom stereocenters. The average Bonchev–Trinajstić information content (AvgIpc) is 2.92. The van der Waals surface area contributed by atoms with Crippen LogP contribution in [0.25, 0.3) is 0 Å². The van der Waals surface area contributed by atoms with E-state index in [0.29, 0.717) is 17.0 Å². The topological polar surface area (TPSA) is 76.1 Å². The summed E-state index contributed by atoms with van der Waals surface area (Å²) in [5.41, 5.74) is 0.394. The molecule has 0 saturated carbocycles. The molecule has 3 rings (SSSR count). The summed E-state index contributed by atoms with van der Waals surface area (Å²) in [5.74, 6) is -1.33. The first-order chi connectivity index (χ1) is 13.2. The van der Waals surface area contributed by atoms with Gasteiger partial charge >= 0.3 is 5.97 Å². The summed E-state index contributed by atoms with van der Waals surface area (Å²) < 4.78 is 10.6. The Labute approximate surface area is 164 Å². The van der Waals surface area contributed by atoms with E-state index in [9.17, 15) is 14.7 Å². The lowest BCUT2D eigenvalue weighted by atomic mass is 9.98. The first-order valence-electron chi connectivity index (χ1n) is 8.92. The summed E-state index contributed by atoms with van der Waals surface area (Å²) in [6.07, 6.45) is 0. The summed E-state index contributed by atoms with van der Waals surface area (Å²) in [7, 11) is 1.55. The van der Waals surface area contributed by atoms with Crippen LogP contribution >= 0.6 is 0 Å². The van der Waals surface area contributed by atoms with Gasteiger partial charge in [0.25, 0.3) is 5.91 Å². The molecule has 1 N–H and O–H groups in total. The van der Waals surface area contributed by atoms with Crippen molar-refractivity contribution < 1.29 is 24.2 Å². The van der Waals surface area contributed by atoms with Crippen molar-refractivity contribution in [3.8, 4) is 5.75 Å². The monoisotopic (exact) mass is 381 g/mol. The molecule has 146 valence electrons. The fourth-order valence-corrected chi connectivity index (χ4v) is 3.11. The van der Waals surface area contributed by atoms with Crippen LogP contribution in [0.3, 0.4) is 0 Å². The van der Waals surface area contributed by atoms with Gasteiger partial charge in [0.1, 0.15) is 16.9 Å². The summed E-state index contributed by atoms with van der Waals surface area (Å²) in [6, 6.07) is 15.1. The quantitative estimate of drug-likeness (QED) is 0.812. The van der Waals surface area contributed by atoms with Gasteiger partial charge in [0.05, 0.1) is 13.2 Å². The van der Waals surface area contributed by atoms with Crippen molar-refractivity contribution in [1.29, 1.82) is 0 Å². The fourth-order valence-electron chi connectivity index (χ4n) is 3.11. The Morgan fingerprint density at radius 2 is 1.64 bits per heavy atom. The van der Waals surface area contributed by atoms with Gasteiger partial charge in [0, 0.05) is 5.69 Å². The molecule has 0 aliphatic carbocycles. The van der Waals surface area contributed by atoms with Crippen LogP contribution in [0.2, 0.25) is 0 Å². The number of carbonyl (C=O) groups is 2. The number of hydrogen-bond donors (Lipinski definition) is 1. The number of rotatable bonds is 4. The summed E-state index contributed by atoms with van der Waals surface area (Å²) in [6.45, 7) is 5.20. The van der Waals surface area contributed by atoms with Gasteiger partial charge in [-0.25, -0.2) is 4.79 Å². The lowest BCUT2D eigenvalue weighted by Crippen LogP contribution is -2.32. The number of benzene rings is 2. The van der Waals surface area contributed by atoms with Crippen LogP contribution in [0.1, 0.15) is 32.4 Å². The van der Waals surface area contributed by atoms with E-state index in [-0.39, 0.29) is 5.57 Å². The van der Waals surface area contributed by atoms with E-state index < -0.39 is 29.3 Å². The van der Waals surface area contributed by atoms with E-state index in [2.05, 4.69) is 0 Å². The maximum Gasteiger partial charge on any atom is 0.341 e. The van der Waals surface area contributed by atoms with Crippen LogP contribution in [0.15, 0.2) is 65.9 Å². The first-order valence-corrected chi connectivity index (χ1v) is 8.92. The third kappa shape index (κ3) is 3.71. The minimum Gasteiger partial charge on any atom is -0.503 e. The van der Waals surface area contributed by atoms with E-state index in [1.165, 1.54) is 4.90 Å². The van der Waals surface area contributed by atoms with Gasteiger partial charge in [-0.1, -0.05) is 30.3 Å². The molecule has 6 nitrogen and oxygen atoms in total. The molecule has 1 heterocycles. The van der Waals surface area contributed by atoms with E-state index in [0.717, 1.165) is 0 Å². The molecular weight excluding hydrogens is 358 g/mol. The Morgan fingerprint density at radius 1 is 1.04 bits per heavy atom. The fraction of sp³-hybridized carbons (Fsp3) is 0.273. The van der Waals surface area contributed by atoms with Crippen molar-refractivity contribution in [3.05, 3.63) is 71.5 Å². The highest BCUT2D eigenvalue weighted by Crippen LogP contribution is 2.41. The lowest BCUT2D eigenvalue weighted by molar-refractivity contribution is -0.150. The zero-order chi connectivity index (χ0) is 20.5. The van der Waals surface area contributed by atoms with E-state index >= 15 is 0 Å². The predicted octanol–water partition coefficient (Wildman–Crippen LogP) is 3.94. The second kappa shape index (κ2) is 7.38. The highest BCUT2D eigenvalue weighted by atomic mass is 16.6. The number of amides is 1. The second-order valence-corrected chi connectivity index (χ2v) is 7.45. The van der Waals surface area contributed by atoms with Crippen molar-refractivity contribution in [3.63, 3.8) is 0 Å². The molecule has 1 aliphatic heterocycles. The van der Waals surface area contributed by atoms with Crippen molar-refractivity contribution in [2.75, 3.05) is 12.0 Å². The van der Waals surface area contributed by atoms with Gasteiger partial charge in [-0.15, -0.1) is 0 Å². The summed E-state index contributed by atoms with van der Waals surface area (Å²) in [5, 5.41) is 10.6. The molecule has 1 atom stereocenters. The molecule has 0 saturated heterocycles. The van der Waals surface area contributed by atoms with E-state index in [1.54, 1.807) is 64.3 Å². The van der Waals surface area contributed by atoms with Crippen molar-refractivity contribution in [2.45, 2.75) is 32.4 Å². The van der Waals surface area contributed by atoms with Gasteiger partial charge in [-0.2, -0.15) is 0 Å². The SMILES string of the molecule is COc1ccc(N2C(=O)C(O)=C(C(=O)OC(C)(C)C)[C@@H]2c2ccccc2)cc1. The molecule has 1 aliphatic rings. The molecule has 0 spiro atoms. The van der Waals surface area contributed by atoms with Crippen LogP contribution in [0.5, 0.6) is 5.75 Å². The molecule has 0 radical (unpaired) electrons. The first kappa shape index (κ1) is 19.5. The molecule has 6 heteroatoms. The van der Waals surface area contributed by atoms with Gasteiger partial charge < -0.3 is 14.6 Å². The van der Waals surface area contributed by atoms with Crippen LogP contribution in [0, 0.1) is 0 Å². The minimum absolute atomic E-state index is 0.0676. The van der Waals surface area contributed by atoms with E-state index in [1.807, 2.05) is 18.2 Å². The number of nitrogens with zero attached hydrogens (tertiary/aromatic N) is 1. The number of anilines is 1. The zero-order valence-corrected chi connectivity index (χ0v) is 16.3. The van der Waals surface area contributed by atoms with Gasteiger partial charge in [-0.05, 0) is 50.6 Å². The summed E-state index contributed by atoms with van der Waals surface area (Å²) in [4.78, 5) is 27.1.